The summed E-state index contributed by atoms with van der Waals surface area (Å²) >= 11 is 0. The number of nitrogens with zero attached hydrogens (tertiary/aromatic N) is 1. The maximum absolute atomic E-state index is 14.4. The highest BCUT2D eigenvalue weighted by atomic mass is 16.5. The van der Waals surface area contributed by atoms with Crippen LogP contribution < -0.4 is 35.6 Å². The van der Waals surface area contributed by atoms with Gasteiger partial charge in [-0.25, -0.2) is 4.79 Å². The number of amides is 4. The number of alkyl carbamates (subject to hydrolysis) is 1. The minimum atomic E-state index is -1.32. The number of carbonyl (C=O) groups excluding carboxylic acids is 5. The molecular weight excluding hydrogens is 799 g/mol. The number of rotatable bonds is 22. The summed E-state index contributed by atoms with van der Waals surface area (Å²) in [6.07, 6.45) is -0.109. The monoisotopic (exact) mass is 855 g/mol. The first-order chi connectivity index (χ1) is 29.8. The molecule has 0 aliphatic carbocycles. The van der Waals surface area contributed by atoms with Gasteiger partial charge in [0.05, 0.1) is 32.7 Å². The van der Waals surface area contributed by atoms with Gasteiger partial charge >= 0.3 is 12.1 Å². The van der Waals surface area contributed by atoms with E-state index in [0.717, 1.165) is 11.1 Å². The molecule has 4 aromatic carbocycles. The number of hydrogen-bond donors (Lipinski definition) is 6. The highest BCUT2D eigenvalue weighted by Crippen LogP contribution is 2.42. The molecule has 0 saturated carbocycles. The summed E-state index contributed by atoms with van der Waals surface area (Å²) < 4.78 is 20.7. The Labute approximate surface area is 361 Å². The number of phenols is 2. The number of benzene rings is 4. The molecule has 16 nitrogen and oxygen atoms in total. The molecule has 0 aliphatic heterocycles. The van der Waals surface area contributed by atoms with Crippen LogP contribution in [0.1, 0.15) is 69.6 Å². The fourth-order valence-electron chi connectivity index (χ4n) is 6.41. The van der Waals surface area contributed by atoms with Crippen LogP contribution in [0.4, 0.5) is 21.9 Å². The second-order valence-electron chi connectivity index (χ2n) is 14.7. The second kappa shape index (κ2) is 23.7. The molecule has 6 N–H and O–H groups in total. The number of hydrogen-bond acceptors (Lipinski definition) is 12. The Balaban J connectivity index is 1.76. The van der Waals surface area contributed by atoms with E-state index < -0.39 is 53.5 Å². The molecule has 0 aromatic heterocycles. The van der Waals surface area contributed by atoms with Gasteiger partial charge in [-0.05, 0) is 66.3 Å². The summed E-state index contributed by atoms with van der Waals surface area (Å²) in [5, 5.41) is 34.0. The molecule has 0 heterocycles. The van der Waals surface area contributed by atoms with Gasteiger partial charge in [0.1, 0.15) is 41.6 Å². The lowest BCUT2D eigenvalue weighted by Crippen LogP contribution is -2.50. The van der Waals surface area contributed by atoms with Crippen LogP contribution in [0, 0.1) is 5.92 Å². The molecule has 4 amide bonds. The Kier molecular flexibility index (Phi) is 18.3. The van der Waals surface area contributed by atoms with Gasteiger partial charge in [0.15, 0.2) is 5.75 Å². The van der Waals surface area contributed by atoms with Gasteiger partial charge in [0, 0.05) is 37.6 Å². The van der Waals surface area contributed by atoms with Crippen molar-refractivity contribution >= 4 is 46.8 Å². The van der Waals surface area contributed by atoms with Gasteiger partial charge in [0.25, 0.3) is 0 Å². The largest absolute Gasteiger partial charge is 0.507 e. The van der Waals surface area contributed by atoms with Crippen LogP contribution >= 0.6 is 0 Å². The number of nitrogens with one attached hydrogen (secondary N) is 4. The van der Waals surface area contributed by atoms with Crippen LogP contribution in [0.25, 0.3) is 0 Å². The highest BCUT2D eigenvalue weighted by molar-refractivity contribution is 6.06. The van der Waals surface area contributed by atoms with Gasteiger partial charge in [-0.2, -0.15) is 0 Å². The maximum Gasteiger partial charge on any atom is 0.408 e. The lowest BCUT2D eigenvalue weighted by atomic mass is 10.0. The molecule has 0 spiro atoms. The first kappa shape index (κ1) is 47.7. The van der Waals surface area contributed by atoms with E-state index >= 15 is 0 Å². The fourth-order valence-corrected chi connectivity index (χ4v) is 6.41. The minimum Gasteiger partial charge on any atom is -0.507 e. The van der Waals surface area contributed by atoms with Crippen molar-refractivity contribution in [3.8, 4) is 23.0 Å². The van der Waals surface area contributed by atoms with Crippen LogP contribution in [0.3, 0.4) is 0 Å². The Morgan fingerprint density at radius 1 is 0.774 bits per heavy atom. The maximum atomic E-state index is 14.4. The first-order valence-corrected chi connectivity index (χ1v) is 20.3. The molecular formula is C46H57N5O11. The van der Waals surface area contributed by atoms with E-state index in [1.807, 2.05) is 25.1 Å². The lowest BCUT2D eigenvalue weighted by molar-refractivity contribution is -0.141. The number of phenolic OH excluding ortho intramolecular Hbond substituents is 2. The SMILES string of the molecule is CCCCC(=O)N(c1ccc(NC(=O)C(NC(=O)OCc2ccccc2)C(C)C)c(O)c1NCc1ccc(OC)cc1)C(CCC(=O)OC)C(=O)NCc1ccc(OC)cc1O. The van der Waals surface area contributed by atoms with E-state index in [-0.39, 0.29) is 61.8 Å². The van der Waals surface area contributed by atoms with E-state index in [1.54, 1.807) is 69.5 Å². The molecule has 0 radical (unpaired) electrons. The highest BCUT2D eigenvalue weighted by Gasteiger charge is 2.35. The Morgan fingerprint density at radius 2 is 1.47 bits per heavy atom. The van der Waals surface area contributed by atoms with E-state index in [9.17, 15) is 34.2 Å². The topological polar surface area (TPSA) is 214 Å². The normalized spacial score (nSPS) is 11.7. The molecule has 0 fully saturated rings. The number of unbranched alkanes of at least 4 members (excludes halogenated alkanes) is 1. The number of anilines is 3. The molecule has 62 heavy (non-hydrogen) atoms. The number of carbonyl (C=O) groups is 5. The second-order valence-corrected chi connectivity index (χ2v) is 14.7. The molecule has 2 atom stereocenters. The van der Waals surface area contributed by atoms with Crippen molar-refractivity contribution in [3.05, 3.63) is 102 Å². The molecule has 16 heteroatoms. The number of aromatic hydroxyl groups is 2. The van der Waals surface area contributed by atoms with Crippen molar-refractivity contribution in [1.82, 2.24) is 10.6 Å². The average Bonchev–Trinajstić information content (AvgIpc) is 3.28. The van der Waals surface area contributed by atoms with E-state index in [2.05, 4.69) is 21.3 Å². The Hall–Kier alpha value is -6.97. The molecule has 4 aromatic rings. The van der Waals surface area contributed by atoms with Crippen LogP contribution in [-0.2, 0) is 48.3 Å². The number of ether oxygens (including phenoxy) is 4. The zero-order valence-electron chi connectivity index (χ0n) is 36.0. The Bertz CT molecular complexity index is 2130. The van der Waals surface area contributed by atoms with Crippen LogP contribution in [-0.4, -0.2) is 73.4 Å². The van der Waals surface area contributed by atoms with Crippen LogP contribution in [0.2, 0.25) is 0 Å². The number of methoxy groups -OCH3 is 3. The van der Waals surface area contributed by atoms with E-state index in [0.29, 0.717) is 29.9 Å². The third-order valence-electron chi connectivity index (χ3n) is 9.96. The average molecular weight is 856 g/mol. The summed E-state index contributed by atoms with van der Waals surface area (Å²) in [5.74, 6) is -2.39. The van der Waals surface area contributed by atoms with E-state index in [4.69, 9.17) is 18.9 Å². The fraction of sp³-hybridized carbons (Fsp3) is 0.370. The van der Waals surface area contributed by atoms with Gasteiger partial charge in [-0.1, -0.05) is 69.7 Å². The summed E-state index contributed by atoms with van der Waals surface area (Å²) in [4.78, 5) is 69.1. The first-order valence-electron chi connectivity index (χ1n) is 20.3. The van der Waals surface area contributed by atoms with Crippen molar-refractivity contribution in [2.45, 2.75) is 84.7 Å². The molecule has 2 unspecified atom stereocenters. The van der Waals surface area contributed by atoms with Crippen molar-refractivity contribution in [2.24, 2.45) is 5.92 Å². The van der Waals surface area contributed by atoms with Crippen molar-refractivity contribution < 1.29 is 53.1 Å². The third kappa shape index (κ3) is 13.5. The van der Waals surface area contributed by atoms with Crippen molar-refractivity contribution in [1.29, 1.82) is 0 Å². The van der Waals surface area contributed by atoms with Crippen molar-refractivity contribution in [3.63, 3.8) is 0 Å². The van der Waals surface area contributed by atoms with Gasteiger partial charge in [-0.15, -0.1) is 0 Å². The summed E-state index contributed by atoms with van der Waals surface area (Å²) in [7, 11) is 4.21. The summed E-state index contributed by atoms with van der Waals surface area (Å²) in [6.45, 7) is 5.35. The zero-order valence-corrected chi connectivity index (χ0v) is 36.0. The number of esters is 1. The summed E-state index contributed by atoms with van der Waals surface area (Å²) in [6, 6.07) is 21.2. The predicted molar refractivity (Wildman–Crippen MR) is 234 cm³/mol. The molecule has 0 aliphatic rings. The quantitative estimate of drug-likeness (QED) is 0.0357. The van der Waals surface area contributed by atoms with Gasteiger partial charge < -0.3 is 50.4 Å². The standard InChI is InChI=1S/C46H57N5O11/c1-7-8-14-39(53)51(37(23-24-40(54)61-6)44(56)48-27-32-17-20-34(60-5)25-38(32)52)36-22-21-35(43(55)42(36)47-26-30-15-18-33(59-4)19-16-30)49-45(57)41(29(2)3)50-46(58)62-28-31-12-10-9-11-13-31/h9-13,15-22,25,29,37,41,47,52,55H,7-8,14,23-24,26-28H2,1-6H3,(H,48,56)(H,49,57)(H,50,58). The van der Waals surface area contributed by atoms with Crippen molar-refractivity contribution in [2.75, 3.05) is 36.9 Å². The summed E-state index contributed by atoms with van der Waals surface area (Å²) in [5.41, 5.74) is 1.89. The minimum absolute atomic E-state index is 0.0107. The smallest absolute Gasteiger partial charge is 0.408 e. The zero-order chi connectivity index (χ0) is 45.2. The predicted octanol–water partition coefficient (Wildman–Crippen LogP) is 6.78. The molecule has 332 valence electrons. The Morgan fingerprint density at radius 3 is 2.10 bits per heavy atom. The van der Waals surface area contributed by atoms with Crippen LogP contribution in [0.15, 0.2) is 84.9 Å². The van der Waals surface area contributed by atoms with Crippen LogP contribution in [0.5, 0.6) is 23.0 Å². The van der Waals surface area contributed by atoms with Gasteiger partial charge in [-0.3, -0.25) is 24.1 Å². The van der Waals surface area contributed by atoms with Gasteiger partial charge in [0.2, 0.25) is 17.7 Å². The lowest BCUT2D eigenvalue weighted by Gasteiger charge is -2.33. The molecule has 4 rings (SSSR count). The van der Waals surface area contributed by atoms with E-state index in [1.165, 1.54) is 37.3 Å². The third-order valence-corrected chi connectivity index (χ3v) is 9.96. The molecule has 0 saturated heterocycles. The molecule has 0 bridgehead atoms.